The lowest BCUT2D eigenvalue weighted by molar-refractivity contribution is -0.466. The molecule has 0 aromatic heterocycles. The third-order valence-corrected chi connectivity index (χ3v) is 3.23. The Bertz CT molecular complexity index is 419. The van der Waals surface area contributed by atoms with Crippen molar-refractivity contribution < 1.29 is 4.58 Å². The Morgan fingerprint density at radius 1 is 1.38 bits per heavy atom. The number of rotatable bonds is 0. The highest BCUT2D eigenvalue weighted by molar-refractivity contribution is 5.93. The first-order chi connectivity index (χ1) is 7.61. The number of anilines is 1. The first-order valence-electron chi connectivity index (χ1n) is 5.78. The number of aryl methyl sites for hydroxylation is 1. The largest absolute Gasteiger partial charge is 0.350 e. The molecule has 1 aromatic carbocycles. The molecule has 1 aromatic rings. The van der Waals surface area contributed by atoms with Gasteiger partial charge in [-0.05, 0) is 31.4 Å². The van der Waals surface area contributed by atoms with Gasteiger partial charge in [-0.15, -0.1) is 0 Å². The third-order valence-electron chi connectivity index (χ3n) is 3.23. The van der Waals surface area contributed by atoms with Crippen LogP contribution in [0.5, 0.6) is 0 Å². The maximum absolute atomic E-state index is 6.16. The van der Waals surface area contributed by atoms with Crippen molar-refractivity contribution >= 4 is 11.6 Å². The molecule has 1 aliphatic heterocycles. The molecule has 1 atom stereocenters. The lowest BCUT2D eigenvalue weighted by atomic mass is 9.97. The van der Waals surface area contributed by atoms with Gasteiger partial charge in [0.05, 0.1) is 20.1 Å². The van der Waals surface area contributed by atoms with Gasteiger partial charge in [0.25, 0.3) is 0 Å². The molecule has 2 N–H and O–H groups in total. The van der Waals surface area contributed by atoms with E-state index in [-0.39, 0.29) is 0 Å². The van der Waals surface area contributed by atoms with Crippen LogP contribution in [0, 0.1) is 0 Å². The monoisotopic (exact) mass is 218 g/mol. The quantitative estimate of drug-likeness (QED) is 0.406. The van der Waals surface area contributed by atoms with Crippen LogP contribution in [0.1, 0.15) is 18.9 Å². The molecule has 2 rings (SSSR count). The minimum absolute atomic E-state index is 0.470. The summed E-state index contributed by atoms with van der Waals surface area (Å²) in [6.07, 6.45) is 2.31. The second-order valence-corrected chi connectivity index (χ2v) is 4.64. The number of fused-ring (bicyclic) bond motifs is 1. The van der Waals surface area contributed by atoms with Crippen molar-refractivity contribution in [3.05, 3.63) is 29.8 Å². The molecular formula is C13H20N3+. The highest BCUT2D eigenvalue weighted by Crippen LogP contribution is 2.29. The molecule has 3 heteroatoms. The van der Waals surface area contributed by atoms with Gasteiger partial charge >= 0.3 is 5.96 Å². The van der Waals surface area contributed by atoms with Crippen LogP contribution in [-0.2, 0) is 6.42 Å². The van der Waals surface area contributed by atoms with E-state index in [0.29, 0.717) is 6.04 Å². The number of para-hydroxylation sites is 1. The Morgan fingerprint density at radius 3 is 2.75 bits per heavy atom. The van der Waals surface area contributed by atoms with E-state index in [4.69, 9.17) is 5.73 Å². The molecule has 0 fully saturated rings. The summed E-state index contributed by atoms with van der Waals surface area (Å²) >= 11 is 0. The molecule has 0 saturated carbocycles. The topological polar surface area (TPSA) is 32.3 Å². The van der Waals surface area contributed by atoms with E-state index < -0.39 is 0 Å². The zero-order valence-electron chi connectivity index (χ0n) is 10.3. The van der Waals surface area contributed by atoms with Crippen LogP contribution in [0.4, 0.5) is 5.69 Å². The van der Waals surface area contributed by atoms with Crippen LogP contribution >= 0.6 is 0 Å². The highest BCUT2D eigenvalue weighted by Gasteiger charge is 2.30. The Balaban J connectivity index is 2.49. The normalized spacial score (nSPS) is 19.2. The summed E-state index contributed by atoms with van der Waals surface area (Å²) < 4.78 is 1.97. The smallest absolute Gasteiger partial charge is 0.290 e. The van der Waals surface area contributed by atoms with Crippen molar-refractivity contribution in [2.75, 3.05) is 19.0 Å². The molecule has 3 nitrogen and oxygen atoms in total. The van der Waals surface area contributed by atoms with Crippen molar-refractivity contribution in [3.63, 3.8) is 0 Å². The Hall–Kier alpha value is -1.51. The van der Waals surface area contributed by atoms with Crippen LogP contribution in [0.15, 0.2) is 24.3 Å². The summed E-state index contributed by atoms with van der Waals surface area (Å²) in [5.41, 5.74) is 8.82. The molecule has 0 unspecified atom stereocenters. The van der Waals surface area contributed by atoms with Gasteiger partial charge in [-0.3, -0.25) is 10.3 Å². The summed E-state index contributed by atoms with van der Waals surface area (Å²) in [5.74, 6) is 0.819. The van der Waals surface area contributed by atoms with Gasteiger partial charge in [-0.25, -0.2) is 4.90 Å². The molecule has 0 amide bonds. The zero-order chi connectivity index (χ0) is 11.7. The zero-order valence-corrected chi connectivity index (χ0v) is 10.3. The van der Waals surface area contributed by atoms with Gasteiger partial charge in [-0.1, -0.05) is 18.2 Å². The second-order valence-electron chi connectivity index (χ2n) is 4.64. The fourth-order valence-corrected chi connectivity index (χ4v) is 2.25. The van der Waals surface area contributed by atoms with E-state index in [1.165, 1.54) is 11.3 Å². The number of hydrogen-bond donors (Lipinski definition) is 1. The predicted octanol–water partition coefficient (Wildman–Crippen LogP) is 1.41. The molecule has 0 radical (unpaired) electrons. The first-order valence-corrected chi connectivity index (χ1v) is 5.78. The fraction of sp³-hybridized carbons (Fsp3) is 0.462. The lowest BCUT2D eigenvalue weighted by Gasteiger charge is -2.31. The van der Waals surface area contributed by atoms with Gasteiger partial charge in [0, 0.05) is 0 Å². The number of hydrogen-bond acceptors (Lipinski definition) is 0. The predicted molar refractivity (Wildman–Crippen MR) is 68.0 cm³/mol. The molecule has 1 heterocycles. The number of benzene rings is 1. The Morgan fingerprint density at radius 2 is 2.06 bits per heavy atom. The van der Waals surface area contributed by atoms with Gasteiger partial charge in [-0.2, -0.15) is 0 Å². The fourth-order valence-electron chi connectivity index (χ4n) is 2.25. The Kier molecular flexibility index (Phi) is 2.86. The molecule has 0 saturated heterocycles. The van der Waals surface area contributed by atoms with E-state index in [9.17, 15) is 0 Å². The first kappa shape index (κ1) is 11.0. The van der Waals surface area contributed by atoms with Crippen molar-refractivity contribution in [2.24, 2.45) is 5.73 Å². The van der Waals surface area contributed by atoms with E-state index in [1.54, 1.807) is 0 Å². The average molecular weight is 218 g/mol. The van der Waals surface area contributed by atoms with Gasteiger partial charge in [0.1, 0.15) is 5.69 Å². The van der Waals surface area contributed by atoms with Gasteiger partial charge in [0.2, 0.25) is 0 Å². The number of guanidine groups is 1. The molecule has 0 bridgehead atoms. The molecule has 1 aliphatic rings. The van der Waals surface area contributed by atoms with Crippen molar-refractivity contribution in [1.82, 2.24) is 0 Å². The van der Waals surface area contributed by atoms with E-state index in [0.717, 1.165) is 18.8 Å². The summed E-state index contributed by atoms with van der Waals surface area (Å²) in [6.45, 7) is 2.23. The van der Waals surface area contributed by atoms with Gasteiger partial charge in [0.15, 0.2) is 0 Å². The van der Waals surface area contributed by atoms with Crippen LogP contribution in [0.25, 0.3) is 0 Å². The standard InChI is InChI=1S/C13H19N3/c1-10-8-9-11-6-4-5-7-12(11)16(10)13(14)15(2)3/h4-7,10,14H,8-9H2,1-3H3/p+1/t10-/m1/s1. The summed E-state index contributed by atoms with van der Waals surface area (Å²) in [6, 6.07) is 8.99. The number of nitrogens with two attached hydrogens (primary N) is 1. The highest BCUT2D eigenvalue weighted by atomic mass is 15.3. The summed E-state index contributed by atoms with van der Waals surface area (Å²) in [7, 11) is 3.97. The lowest BCUT2D eigenvalue weighted by Crippen LogP contribution is -2.49. The van der Waals surface area contributed by atoms with Crippen LogP contribution in [0.2, 0.25) is 0 Å². The maximum Gasteiger partial charge on any atom is 0.350 e. The third kappa shape index (κ3) is 1.77. The van der Waals surface area contributed by atoms with Crippen molar-refractivity contribution in [1.29, 1.82) is 0 Å². The van der Waals surface area contributed by atoms with Crippen LogP contribution in [-0.4, -0.2) is 30.7 Å². The van der Waals surface area contributed by atoms with Crippen molar-refractivity contribution in [2.45, 2.75) is 25.8 Å². The average Bonchev–Trinajstić information content (AvgIpc) is 2.28. The summed E-state index contributed by atoms with van der Waals surface area (Å²) in [5, 5.41) is 0. The van der Waals surface area contributed by atoms with E-state index in [2.05, 4.69) is 36.1 Å². The minimum Gasteiger partial charge on any atom is -0.290 e. The second kappa shape index (κ2) is 4.16. The van der Waals surface area contributed by atoms with E-state index >= 15 is 0 Å². The van der Waals surface area contributed by atoms with Crippen LogP contribution < -0.4 is 10.6 Å². The van der Waals surface area contributed by atoms with Crippen LogP contribution in [0.3, 0.4) is 0 Å². The maximum atomic E-state index is 6.16. The minimum atomic E-state index is 0.470. The molecule has 16 heavy (non-hydrogen) atoms. The van der Waals surface area contributed by atoms with Gasteiger partial charge < -0.3 is 0 Å². The number of nitrogens with zero attached hydrogens (tertiary/aromatic N) is 2. The molecular weight excluding hydrogens is 198 g/mol. The Labute approximate surface area is 97.2 Å². The SMILES string of the molecule is C[C@@H]1CCc2ccccc2N1C(N)=[N+](C)C. The molecule has 0 aliphatic carbocycles. The van der Waals surface area contributed by atoms with E-state index in [1.807, 2.05) is 18.7 Å². The molecule has 86 valence electrons. The van der Waals surface area contributed by atoms with Crippen molar-refractivity contribution in [3.8, 4) is 0 Å². The molecule has 0 spiro atoms. The summed E-state index contributed by atoms with van der Waals surface area (Å²) in [4.78, 5) is 2.23.